The summed E-state index contributed by atoms with van der Waals surface area (Å²) in [5.74, 6) is -1.07. The maximum absolute atomic E-state index is 11.3. The van der Waals surface area contributed by atoms with Gasteiger partial charge in [0.05, 0.1) is 17.3 Å². The van der Waals surface area contributed by atoms with Gasteiger partial charge in [-0.25, -0.2) is 0 Å². The van der Waals surface area contributed by atoms with Crippen LogP contribution < -0.4 is 5.32 Å². The monoisotopic (exact) mass is 256 g/mol. The largest absolute Gasteiger partial charge is 0.481 e. The molecule has 1 aromatic heterocycles. The van der Waals surface area contributed by atoms with Crippen molar-refractivity contribution in [2.24, 2.45) is 0 Å². The van der Waals surface area contributed by atoms with E-state index in [2.05, 4.69) is 10.3 Å². The first-order valence-corrected chi connectivity index (χ1v) is 5.54. The highest BCUT2D eigenvalue weighted by Gasteiger charge is 2.04. The number of amides is 1. The first-order chi connectivity index (χ1) is 8.08. The number of carboxylic acids is 1. The molecule has 2 N–H and O–H groups in total. The second kappa shape index (κ2) is 6.85. The molecule has 0 aromatic carbocycles. The van der Waals surface area contributed by atoms with Crippen LogP contribution in [-0.4, -0.2) is 22.0 Å². The molecule has 1 aromatic rings. The maximum atomic E-state index is 11.3. The van der Waals surface area contributed by atoms with Crippen LogP contribution in [0.25, 0.3) is 0 Å². The van der Waals surface area contributed by atoms with Gasteiger partial charge < -0.3 is 10.4 Å². The smallest absolute Gasteiger partial charge is 0.303 e. The average molecular weight is 257 g/mol. The first kappa shape index (κ1) is 13.4. The fourth-order valence-corrected chi connectivity index (χ4v) is 1.30. The number of carboxylic acid groups (broad SMARTS) is 1. The highest BCUT2D eigenvalue weighted by molar-refractivity contribution is 6.30. The molecule has 0 aliphatic carbocycles. The number of hydrogen-bond acceptors (Lipinski definition) is 3. The molecule has 0 bridgehead atoms. The first-order valence-electron chi connectivity index (χ1n) is 5.17. The summed E-state index contributed by atoms with van der Waals surface area (Å²) in [6, 6.07) is 3.42. The van der Waals surface area contributed by atoms with E-state index < -0.39 is 5.97 Å². The minimum Gasteiger partial charge on any atom is -0.481 e. The molecule has 0 unspecified atom stereocenters. The Morgan fingerprint density at radius 1 is 1.35 bits per heavy atom. The van der Waals surface area contributed by atoms with Crippen molar-refractivity contribution >= 4 is 23.5 Å². The number of nitrogens with one attached hydrogen (secondary N) is 1. The zero-order valence-electron chi connectivity index (χ0n) is 9.15. The third kappa shape index (κ3) is 5.87. The molecule has 17 heavy (non-hydrogen) atoms. The number of hydrogen-bond donors (Lipinski definition) is 2. The molecule has 1 rings (SSSR count). The van der Waals surface area contributed by atoms with E-state index in [1.54, 1.807) is 12.1 Å². The number of carbonyl (C=O) groups is 2. The lowest BCUT2D eigenvalue weighted by Gasteiger charge is -2.04. The molecule has 1 amide bonds. The summed E-state index contributed by atoms with van der Waals surface area (Å²) in [4.78, 5) is 25.6. The Balaban J connectivity index is 2.23. The lowest BCUT2D eigenvalue weighted by Crippen LogP contribution is -2.23. The van der Waals surface area contributed by atoms with Crippen molar-refractivity contribution in [1.82, 2.24) is 10.3 Å². The third-order valence-corrected chi connectivity index (χ3v) is 2.27. The highest BCUT2D eigenvalue weighted by Crippen LogP contribution is 2.05. The minimum atomic E-state index is -0.892. The van der Waals surface area contributed by atoms with Gasteiger partial charge in [-0.3, -0.25) is 14.6 Å². The molecule has 0 aliphatic heterocycles. The number of aliphatic carboxylic acids is 1. The van der Waals surface area contributed by atoms with Crippen molar-refractivity contribution in [3.05, 3.63) is 29.0 Å². The van der Waals surface area contributed by atoms with Crippen molar-refractivity contribution < 1.29 is 14.7 Å². The molecule has 0 aliphatic rings. The molecule has 0 saturated carbocycles. The number of rotatable bonds is 6. The molecule has 6 heteroatoms. The number of carbonyl (C=O) groups excluding carboxylic acids is 1. The van der Waals surface area contributed by atoms with Crippen LogP contribution in [0.5, 0.6) is 0 Å². The molecule has 0 atom stereocenters. The van der Waals surface area contributed by atoms with Gasteiger partial charge in [-0.05, 0) is 18.6 Å². The number of pyridine rings is 1. The highest BCUT2D eigenvalue weighted by atomic mass is 35.5. The van der Waals surface area contributed by atoms with Crippen LogP contribution in [0.2, 0.25) is 5.02 Å². The normalized spacial score (nSPS) is 9.94. The van der Waals surface area contributed by atoms with E-state index in [1.807, 2.05) is 0 Å². The molecule has 5 nitrogen and oxygen atoms in total. The summed E-state index contributed by atoms with van der Waals surface area (Å²) >= 11 is 5.67. The fourth-order valence-electron chi connectivity index (χ4n) is 1.19. The number of aromatic nitrogens is 1. The van der Waals surface area contributed by atoms with Gasteiger partial charge in [0.2, 0.25) is 5.91 Å². The van der Waals surface area contributed by atoms with E-state index in [0.29, 0.717) is 23.7 Å². The zero-order valence-corrected chi connectivity index (χ0v) is 9.91. The summed E-state index contributed by atoms with van der Waals surface area (Å²) in [6.07, 6.45) is 2.06. The minimum absolute atomic E-state index is 0.00656. The van der Waals surface area contributed by atoms with Crippen molar-refractivity contribution in [3.63, 3.8) is 0 Å². The SMILES string of the molecule is O=C(O)CCCC(=O)NCc1ccc(Cl)cn1. The quantitative estimate of drug-likeness (QED) is 0.810. The summed E-state index contributed by atoms with van der Waals surface area (Å²) in [6.45, 7) is 0.322. The standard InChI is InChI=1S/C11H13ClN2O3/c12-8-4-5-9(13-6-8)7-14-10(15)2-1-3-11(16)17/h4-6H,1-3,7H2,(H,14,15)(H,16,17). The predicted molar refractivity (Wildman–Crippen MR) is 62.6 cm³/mol. The molecular weight excluding hydrogens is 244 g/mol. The van der Waals surface area contributed by atoms with Crippen molar-refractivity contribution in [1.29, 1.82) is 0 Å². The van der Waals surface area contributed by atoms with E-state index in [1.165, 1.54) is 6.20 Å². The summed E-state index contributed by atoms with van der Waals surface area (Å²) in [5, 5.41) is 11.6. The van der Waals surface area contributed by atoms with Gasteiger partial charge in [0.15, 0.2) is 0 Å². The van der Waals surface area contributed by atoms with Crippen LogP contribution in [0.4, 0.5) is 0 Å². The van der Waals surface area contributed by atoms with Gasteiger partial charge in [-0.1, -0.05) is 11.6 Å². The van der Waals surface area contributed by atoms with E-state index in [0.717, 1.165) is 0 Å². The molecule has 0 fully saturated rings. The Morgan fingerprint density at radius 3 is 2.71 bits per heavy atom. The van der Waals surface area contributed by atoms with E-state index in [-0.39, 0.29) is 18.7 Å². The van der Waals surface area contributed by atoms with Gasteiger partial charge in [0.1, 0.15) is 0 Å². The Labute approximate surface area is 104 Å². The van der Waals surface area contributed by atoms with Crippen molar-refractivity contribution in [3.8, 4) is 0 Å². The van der Waals surface area contributed by atoms with Crippen LogP contribution in [0.15, 0.2) is 18.3 Å². The molecule has 92 valence electrons. The third-order valence-electron chi connectivity index (χ3n) is 2.05. The van der Waals surface area contributed by atoms with Crippen LogP contribution in [0.1, 0.15) is 25.0 Å². The van der Waals surface area contributed by atoms with Gasteiger partial charge in [0, 0.05) is 19.0 Å². The van der Waals surface area contributed by atoms with Crippen molar-refractivity contribution in [2.45, 2.75) is 25.8 Å². The summed E-state index contributed by atoms with van der Waals surface area (Å²) in [5.41, 5.74) is 0.709. The van der Waals surface area contributed by atoms with Crippen molar-refractivity contribution in [2.75, 3.05) is 0 Å². The van der Waals surface area contributed by atoms with E-state index >= 15 is 0 Å². The van der Waals surface area contributed by atoms with Gasteiger partial charge in [-0.15, -0.1) is 0 Å². The lowest BCUT2D eigenvalue weighted by molar-refractivity contribution is -0.137. The Hall–Kier alpha value is -1.62. The molecule has 1 heterocycles. The van der Waals surface area contributed by atoms with Crippen LogP contribution >= 0.6 is 11.6 Å². The van der Waals surface area contributed by atoms with Gasteiger partial charge >= 0.3 is 5.97 Å². The zero-order chi connectivity index (χ0) is 12.7. The summed E-state index contributed by atoms with van der Waals surface area (Å²) in [7, 11) is 0. The van der Waals surface area contributed by atoms with Crippen LogP contribution in [-0.2, 0) is 16.1 Å². The molecule has 0 radical (unpaired) electrons. The number of halogens is 1. The second-order valence-electron chi connectivity index (χ2n) is 3.49. The van der Waals surface area contributed by atoms with Gasteiger partial charge in [-0.2, -0.15) is 0 Å². The van der Waals surface area contributed by atoms with E-state index in [4.69, 9.17) is 16.7 Å². The Kier molecular flexibility index (Phi) is 5.42. The fraction of sp³-hybridized carbons (Fsp3) is 0.364. The number of nitrogens with zero attached hydrogens (tertiary/aromatic N) is 1. The predicted octanol–water partition coefficient (Wildman–Crippen LogP) is 1.61. The topological polar surface area (TPSA) is 79.3 Å². The maximum Gasteiger partial charge on any atom is 0.303 e. The lowest BCUT2D eigenvalue weighted by atomic mass is 10.2. The van der Waals surface area contributed by atoms with Gasteiger partial charge in [0.25, 0.3) is 0 Å². The van der Waals surface area contributed by atoms with E-state index in [9.17, 15) is 9.59 Å². The van der Waals surface area contributed by atoms with Crippen LogP contribution in [0.3, 0.4) is 0 Å². The molecular formula is C11H13ClN2O3. The average Bonchev–Trinajstić information content (AvgIpc) is 2.28. The second-order valence-corrected chi connectivity index (χ2v) is 3.93. The van der Waals surface area contributed by atoms with Crippen LogP contribution in [0, 0.1) is 0 Å². The summed E-state index contributed by atoms with van der Waals surface area (Å²) < 4.78 is 0. The Morgan fingerprint density at radius 2 is 2.12 bits per heavy atom. The molecule has 0 saturated heterocycles. The molecule has 0 spiro atoms. The Bertz CT molecular complexity index is 392.